The molecule has 1 saturated heterocycles. The van der Waals surface area contributed by atoms with E-state index in [4.69, 9.17) is 4.74 Å². The molecule has 2 aromatic heterocycles. The normalized spacial score (nSPS) is 17.7. The number of ether oxygens (including phenoxy) is 1. The van der Waals surface area contributed by atoms with E-state index in [9.17, 15) is 0 Å². The molecule has 0 N–H and O–H groups in total. The van der Waals surface area contributed by atoms with Crippen LogP contribution in [0.4, 0.5) is 0 Å². The number of hydrogen-bond donors (Lipinski definition) is 0. The van der Waals surface area contributed by atoms with Crippen molar-refractivity contribution in [1.29, 1.82) is 0 Å². The summed E-state index contributed by atoms with van der Waals surface area (Å²) in [6.45, 7) is 3.81. The van der Waals surface area contributed by atoms with Crippen LogP contribution in [0.5, 0.6) is 0 Å². The van der Waals surface area contributed by atoms with E-state index < -0.39 is 0 Å². The second-order valence-electron chi connectivity index (χ2n) is 4.45. The summed E-state index contributed by atoms with van der Waals surface area (Å²) in [7, 11) is 0. The molecule has 0 aromatic carbocycles. The Morgan fingerprint density at radius 3 is 3.16 bits per heavy atom. The molecular weight excluding hydrogens is 326 g/mol. The largest absolute Gasteiger partial charge is 0.380 e. The topological polar surface area (TPSA) is 29.8 Å². The van der Waals surface area contributed by atoms with Gasteiger partial charge in [0.2, 0.25) is 0 Å². The number of hydrogen-bond acceptors (Lipinski definition) is 4. The van der Waals surface area contributed by atoms with Crippen LogP contribution < -0.4 is 0 Å². The summed E-state index contributed by atoms with van der Waals surface area (Å²) in [5.74, 6) is 0.891. The third-order valence-corrected chi connectivity index (χ3v) is 5.08. The minimum Gasteiger partial charge on any atom is -0.380 e. The highest BCUT2D eigenvalue weighted by Gasteiger charge is 2.13. The van der Waals surface area contributed by atoms with Crippen molar-refractivity contribution in [3.63, 3.8) is 0 Å². The van der Waals surface area contributed by atoms with Crippen molar-refractivity contribution in [3.8, 4) is 0 Å². The quantitative estimate of drug-likeness (QED) is 0.803. The Balaban J connectivity index is 1.69. The van der Waals surface area contributed by atoms with Gasteiger partial charge in [0.05, 0.1) is 18.1 Å². The van der Waals surface area contributed by atoms with Gasteiger partial charge in [-0.2, -0.15) is 0 Å². The maximum atomic E-state index is 5.46. The highest BCUT2D eigenvalue weighted by Crippen LogP contribution is 2.25. The molecule has 0 unspecified atom stereocenters. The molecule has 6 heteroatoms. The van der Waals surface area contributed by atoms with Gasteiger partial charge in [-0.15, -0.1) is 0 Å². The third-order valence-electron chi connectivity index (χ3n) is 3.10. The van der Waals surface area contributed by atoms with E-state index in [1.165, 1.54) is 0 Å². The Morgan fingerprint density at radius 1 is 1.32 bits per heavy atom. The molecule has 0 atom stereocenters. The first kappa shape index (κ1) is 13.4. The van der Waals surface area contributed by atoms with Gasteiger partial charge >= 0.3 is 0 Å². The predicted octanol–water partition coefficient (Wildman–Crippen LogP) is 2.97. The molecule has 1 aliphatic heterocycles. The summed E-state index contributed by atoms with van der Waals surface area (Å²) >= 11 is 5.48. The monoisotopic (exact) mass is 341 g/mol. The lowest BCUT2D eigenvalue weighted by Crippen LogP contribution is -2.18. The number of imidazole rings is 1. The fourth-order valence-electron chi connectivity index (χ4n) is 2.11. The molecule has 2 aromatic rings. The highest BCUT2D eigenvalue weighted by molar-refractivity contribution is 9.10. The van der Waals surface area contributed by atoms with Gasteiger partial charge in [-0.25, -0.2) is 9.29 Å². The summed E-state index contributed by atoms with van der Waals surface area (Å²) in [4.78, 5) is 4.66. The standard InChI is InChI=1S/C13H16BrN3OS/c14-13-11(15-12-4-1-2-6-17(12)13)10-19-16-5-3-8-18-9-7-16/h1-2,4,6H,3,5,7-10H2. The molecule has 19 heavy (non-hydrogen) atoms. The van der Waals surface area contributed by atoms with Gasteiger partial charge in [-0.1, -0.05) is 18.0 Å². The van der Waals surface area contributed by atoms with Crippen LogP contribution in [0.1, 0.15) is 12.1 Å². The van der Waals surface area contributed by atoms with E-state index >= 15 is 0 Å². The zero-order valence-electron chi connectivity index (χ0n) is 10.6. The molecule has 0 amide bonds. The second kappa shape index (κ2) is 6.26. The molecule has 1 aliphatic rings. The SMILES string of the molecule is Brc1c(CSN2CCCOCC2)nc2ccccn12. The maximum absolute atomic E-state index is 5.46. The average molecular weight is 342 g/mol. The van der Waals surface area contributed by atoms with Crippen molar-refractivity contribution >= 4 is 33.5 Å². The molecule has 4 nitrogen and oxygen atoms in total. The first-order valence-corrected chi connectivity index (χ1v) is 8.15. The Bertz CT molecular complexity index is 552. The Hall–Kier alpha value is -0.560. The predicted molar refractivity (Wildman–Crippen MR) is 81.2 cm³/mol. The van der Waals surface area contributed by atoms with Crippen LogP contribution in [-0.4, -0.2) is 40.0 Å². The van der Waals surface area contributed by atoms with Gasteiger partial charge in [0, 0.05) is 25.9 Å². The van der Waals surface area contributed by atoms with Crippen LogP contribution in [-0.2, 0) is 10.5 Å². The van der Waals surface area contributed by atoms with Crippen LogP contribution >= 0.6 is 27.9 Å². The van der Waals surface area contributed by atoms with Gasteiger partial charge in [-0.05, 0) is 34.5 Å². The van der Waals surface area contributed by atoms with Gasteiger partial charge in [-0.3, -0.25) is 4.40 Å². The van der Waals surface area contributed by atoms with E-state index in [0.29, 0.717) is 0 Å². The van der Waals surface area contributed by atoms with E-state index in [1.54, 1.807) is 0 Å². The van der Waals surface area contributed by atoms with Crippen molar-refractivity contribution in [2.75, 3.05) is 26.3 Å². The number of fused-ring (bicyclic) bond motifs is 1. The van der Waals surface area contributed by atoms with Crippen molar-refractivity contribution < 1.29 is 4.74 Å². The van der Waals surface area contributed by atoms with Gasteiger partial charge < -0.3 is 4.74 Å². The number of rotatable bonds is 3. The molecule has 0 bridgehead atoms. The molecule has 1 fully saturated rings. The van der Waals surface area contributed by atoms with Gasteiger partial charge in [0.15, 0.2) is 0 Å². The molecule has 0 radical (unpaired) electrons. The minimum absolute atomic E-state index is 0.833. The first-order chi connectivity index (χ1) is 9.34. The molecule has 3 rings (SSSR count). The fourth-order valence-corrected chi connectivity index (χ4v) is 3.79. The van der Waals surface area contributed by atoms with Crippen LogP contribution in [0.2, 0.25) is 0 Å². The van der Waals surface area contributed by atoms with Crippen LogP contribution in [0, 0.1) is 0 Å². The smallest absolute Gasteiger partial charge is 0.137 e. The lowest BCUT2D eigenvalue weighted by atomic mass is 10.5. The van der Waals surface area contributed by atoms with Crippen molar-refractivity contribution in [2.45, 2.75) is 12.2 Å². The second-order valence-corrected chi connectivity index (χ2v) is 6.26. The van der Waals surface area contributed by atoms with E-state index in [1.807, 2.05) is 36.3 Å². The molecule has 0 spiro atoms. The first-order valence-electron chi connectivity index (χ1n) is 6.41. The summed E-state index contributed by atoms with van der Waals surface area (Å²) in [5, 5.41) is 0. The summed E-state index contributed by atoms with van der Waals surface area (Å²) in [6, 6.07) is 6.05. The van der Waals surface area contributed by atoms with E-state index in [0.717, 1.165) is 54.4 Å². The molecule has 0 aliphatic carbocycles. The lowest BCUT2D eigenvalue weighted by Gasteiger charge is -2.16. The summed E-state index contributed by atoms with van der Waals surface area (Å²) in [6.07, 6.45) is 3.14. The zero-order chi connectivity index (χ0) is 13.1. The minimum atomic E-state index is 0.833. The molecule has 102 valence electrons. The van der Waals surface area contributed by atoms with Crippen molar-refractivity contribution in [3.05, 3.63) is 34.7 Å². The number of halogens is 1. The third kappa shape index (κ3) is 3.13. The zero-order valence-corrected chi connectivity index (χ0v) is 13.0. The average Bonchev–Trinajstić information content (AvgIpc) is 2.63. The molecular formula is C13H16BrN3OS. The molecule has 0 saturated carbocycles. The lowest BCUT2D eigenvalue weighted by molar-refractivity contribution is 0.148. The highest BCUT2D eigenvalue weighted by atomic mass is 79.9. The van der Waals surface area contributed by atoms with E-state index in [2.05, 4.69) is 29.6 Å². The van der Waals surface area contributed by atoms with Crippen LogP contribution in [0.25, 0.3) is 5.65 Å². The van der Waals surface area contributed by atoms with Crippen molar-refractivity contribution in [1.82, 2.24) is 13.7 Å². The Labute approximate surface area is 125 Å². The Kier molecular flexibility index (Phi) is 4.42. The van der Waals surface area contributed by atoms with Crippen LogP contribution in [0.3, 0.4) is 0 Å². The molecule has 3 heterocycles. The van der Waals surface area contributed by atoms with Crippen LogP contribution in [0.15, 0.2) is 29.0 Å². The summed E-state index contributed by atoms with van der Waals surface area (Å²) in [5.41, 5.74) is 2.09. The van der Waals surface area contributed by atoms with Gasteiger partial charge in [0.1, 0.15) is 10.3 Å². The van der Waals surface area contributed by atoms with E-state index in [-0.39, 0.29) is 0 Å². The van der Waals surface area contributed by atoms with Gasteiger partial charge in [0.25, 0.3) is 0 Å². The number of pyridine rings is 1. The number of nitrogens with zero attached hydrogens (tertiary/aromatic N) is 3. The maximum Gasteiger partial charge on any atom is 0.137 e. The number of aromatic nitrogens is 2. The van der Waals surface area contributed by atoms with Crippen molar-refractivity contribution in [2.24, 2.45) is 0 Å². The Morgan fingerprint density at radius 2 is 2.26 bits per heavy atom. The fraction of sp³-hybridized carbons (Fsp3) is 0.462. The summed E-state index contributed by atoms with van der Waals surface area (Å²) < 4.78 is 11.0.